The molecule has 0 aliphatic carbocycles. The molecular formula is C11H10F3N3O2S. The molecule has 0 fully saturated rings. The van der Waals surface area contributed by atoms with Crippen LogP contribution in [0, 0.1) is 0 Å². The summed E-state index contributed by atoms with van der Waals surface area (Å²) < 4.78 is 61.5. The van der Waals surface area contributed by atoms with E-state index < -0.39 is 21.9 Å². The van der Waals surface area contributed by atoms with Gasteiger partial charge in [0.05, 0.1) is 6.26 Å². The summed E-state index contributed by atoms with van der Waals surface area (Å²) in [7, 11) is -3.39. The Kier molecular flexibility index (Phi) is 3.46. The van der Waals surface area contributed by atoms with Gasteiger partial charge in [0.2, 0.25) is 10.0 Å². The summed E-state index contributed by atoms with van der Waals surface area (Å²) in [4.78, 5) is 5.86. The van der Waals surface area contributed by atoms with Gasteiger partial charge in [0.15, 0.2) is 5.69 Å². The summed E-state index contributed by atoms with van der Waals surface area (Å²) in [6.45, 7) is 0. The molecule has 9 heteroatoms. The van der Waals surface area contributed by atoms with Crippen LogP contribution in [0.25, 0.3) is 11.4 Å². The quantitative estimate of drug-likeness (QED) is 0.914. The smallest absolute Gasteiger partial charge is 0.344 e. The van der Waals surface area contributed by atoms with E-state index in [1.54, 1.807) is 0 Å². The van der Waals surface area contributed by atoms with Crippen LogP contribution in [0.2, 0.25) is 0 Å². The Morgan fingerprint density at radius 3 is 2.25 bits per heavy atom. The van der Waals surface area contributed by atoms with Crippen molar-refractivity contribution in [1.29, 1.82) is 0 Å². The van der Waals surface area contributed by atoms with E-state index in [0.717, 1.165) is 12.5 Å². The summed E-state index contributed by atoms with van der Waals surface area (Å²) in [5, 5.41) is 0. The highest BCUT2D eigenvalue weighted by atomic mass is 32.2. The molecule has 2 N–H and O–H groups in total. The lowest BCUT2D eigenvalue weighted by atomic mass is 10.2. The van der Waals surface area contributed by atoms with Crippen LogP contribution in [0.3, 0.4) is 0 Å². The van der Waals surface area contributed by atoms with Crippen LogP contribution in [-0.2, 0) is 16.2 Å². The number of H-pyrrole nitrogens is 1. The van der Waals surface area contributed by atoms with Crippen molar-refractivity contribution >= 4 is 15.7 Å². The lowest BCUT2D eigenvalue weighted by Crippen LogP contribution is -2.09. The number of nitrogens with zero attached hydrogens (tertiary/aromatic N) is 1. The monoisotopic (exact) mass is 305 g/mol. The molecule has 0 aliphatic heterocycles. The summed E-state index contributed by atoms with van der Waals surface area (Å²) in [5.41, 5.74) is -0.274. The molecule has 0 radical (unpaired) electrons. The Labute approximate surface area is 112 Å². The van der Waals surface area contributed by atoms with Gasteiger partial charge in [-0.25, -0.2) is 13.4 Å². The molecule has 0 atom stereocenters. The highest BCUT2D eigenvalue weighted by Crippen LogP contribution is 2.29. The molecule has 108 valence electrons. The van der Waals surface area contributed by atoms with Crippen LogP contribution < -0.4 is 4.72 Å². The second kappa shape index (κ2) is 4.82. The minimum Gasteiger partial charge on any atom is -0.344 e. The first kappa shape index (κ1) is 14.4. The fourth-order valence-corrected chi connectivity index (χ4v) is 2.09. The zero-order valence-corrected chi connectivity index (χ0v) is 11.0. The molecule has 1 aromatic carbocycles. The van der Waals surface area contributed by atoms with E-state index in [1.807, 2.05) is 0 Å². The number of halogens is 3. The first-order chi connectivity index (χ1) is 9.15. The molecule has 0 aliphatic rings. The molecule has 5 nitrogen and oxygen atoms in total. The second-order valence-electron chi connectivity index (χ2n) is 4.08. The normalized spacial score (nSPS) is 12.4. The van der Waals surface area contributed by atoms with Crippen molar-refractivity contribution in [3.05, 3.63) is 36.2 Å². The van der Waals surface area contributed by atoms with Crippen LogP contribution in [0.4, 0.5) is 18.9 Å². The molecule has 0 spiro atoms. The van der Waals surface area contributed by atoms with Crippen LogP contribution in [0.5, 0.6) is 0 Å². The lowest BCUT2D eigenvalue weighted by Gasteiger charge is -2.04. The number of sulfonamides is 1. The van der Waals surface area contributed by atoms with Gasteiger partial charge in [-0.15, -0.1) is 0 Å². The highest BCUT2D eigenvalue weighted by molar-refractivity contribution is 7.92. The number of aromatic amines is 1. The summed E-state index contributed by atoms with van der Waals surface area (Å²) in [5.74, 6) is 0.0585. The maximum Gasteiger partial charge on any atom is 0.434 e. The van der Waals surface area contributed by atoms with Crippen molar-refractivity contribution < 1.29 is 21.6 Å². The number of alkyl halides is 3. The van der Waals surface area contributed by atoms with Crippen LogP contribution >= 0.6 is 0 Å². The predicted molar refractivity (Wildman–Crippen MR) is 67.5 cm³/mol. The molecule has 2 rings (SSSR count). The number of hydrogen-bond acceptors (Lipinski definition) is 3. The van der Waals surface area contributed by atoms with Gasteiger partial charge < -0.3 is 4.98 Å². The van der Waals surface area contributed by atoms with Gasteiger partial charge in [-0.3, -0.25) is 4.72 Å². The van der Waals surface area contributed by atoms with Crippen LogP contribution in [0.1, 0.15) is 5.69 Å². The fraction of sp³-hybridized carbons (Fsp3) is 0.182. The standard InChI is InChI=1S/C11H10F3N3O2S/c1-20(18,19)17-8-4-2-7(3-5-8)10-15-6-9(16-10)11(12,13)14/h2-6,17H,1H3,(H,15,16). The van der Waals surface area contributed by atoms with E-state index in [2.05, 4.69) is 14.7 Å². The van der Waals surface area contributed by atoms with E-state index in [4.69, 9.17) is 0 Å². The van der Waals surface area contributed by atoms with E-state index in [1.165, 1.54) is 24.3 Å². The zero-order chi connectivity index (χ0) is 15.0. The minimum atomic E-state index is -4.51. The van der Waals surface area contributed by atoms with Crippen molar-refractivity contribution in [2.45, 2.75) is 6.18 Å². The molecular weight excluding hydrogens is 295 g/mol. The van der Waals surface area contributed by atoms with Crippen LogP contribution in [0.15, 0.2) is 30.5 Å². The molecule has 0 saturated carbocycles. The van der Waals surface area contributed by atoms with Gasteiger partial charge in [0, 0.05) is 17.4 Å². The number of rotatable bonds is 3. The Morgan fingerprint density at radius 1 is 1.20 bits per heavy atom. The molecule has 0 unspecified atom stereocenters. The Balaban J connectivity index is 2.24. The van der Waals surface area contributed by atoms with Crippen molar-refractivity contribution in [3.63, 3.8) is 0 Å². The van der Waals surface area contributed by atoms with E-state index in [-0.39, 0.29) is 5.82 Å². The molecule has 0 saturated heterocycles. The van der Waals surface area contributed by atoms with Crippen molar-refractivity contribution in [1.82, 2.24) is 9.97 Å². The Bertz CT molecular complexity index is 705. The molecule has 2 aromatic rings. The summed E-state index contributed by atoms with van der Waals surface area (Å²) in [6.07, 6.45) is -2.73. The number of nitrogens with one attached hydrogen (secondary N) is 2. The second-order valence-corrected chi connectivity index (χ2v) is 5.83. The number of hydrogen-bond donors (Lipinski definition) is 2. The van der Waals surface area contributed by atoms with E-state index in [9.17, 15) is 21.6 Å². The van der Waals surface area contributed by atoms with Gasteiger partial charge in [0.1, 0.15) is 5.82 Å². The first-order valence-corrected chi connectivity index (χ1v) is 7.25. The third-order valence-electron chi connectivity index (χ3n) is 2.33. The van der Waals surface area contributed by atoms with Gasteiger partial charge in [-0.1, -0.05) is 0 Å². The summed E-state index contributed by atoms with van der Waals surface area (Å²) >= 11 is 0. The SMILES string of the molecule is CS(=O)(=O)Nc1ccc(-c2nc(C(F)(F)F)c[nH]2)cc1. The van der Waals surface area contributed by atoms with Gasteiger partial charge in [-0.2, -0.15) is 13.2 Å². The van der Waals surface area contributed by atoms with Gasteiger partial charge in [-0.05, 0) is 24.3 Å². The molecule has 20 heavy (non-hydrogen) atoms. The van der Waals surface area contributed by atoms with Crippen molar-refractivity contribution in [2.75, 3.05) is 11.0 Å². The van der Waals surface area contributed by atoms with Crippen molar-refractivity contribution in [3.8, 4) is 11.4 Å². The average Bonchev–Trinajstić information content (AvgIpc) is 2.76. The molecule has 0 amide bonds. The minimum absolute atomic E-state index is 0.0585. The third kappa shape index (κ3) is 3.50. The largest absolute Gasteiger partial charge is 0.434 e. The van der Waals surface area contributed by atoms with E-state index in [0.29, 0.717) is 11.3 Å². The molecule has 0 bridgehead atoms. The Morgan fingerprint density at radius 2 is 1.80 bits per heavy atom. The van der Waals surface area contributed by atoms with Crippen LogP contribution in [-0.4, -0.2) is 24.6 Å². The maximum atomic E-state index is 12.4. The number of aromatic nitrogens is 2. The number of benzene rings is 1. The van der Waals surface area contributed by atoms with Gasteiger partial charge in [0.25, 0.3) is 0 Å². The zero-order valence-electron chi connectivity index (χ0n) is 10.2. The fourth-order valence-electron chi connectivity index (χ4n) is 1.53. The molecule has 1 heterocycles. The summed E-state index contributed by atoms with van der Waals surface area (Å²) in [6, 6.07) is 5.80. The van der Waals surface area contributed by atoms with Gasteiger partial charge >= 0.3 is 6.18 Å². The Hall–Kier alpha value is -2.03. The topological polar surface area (TPSA) is 74.8 Å². The first-order valence-electron chi connectivity index (χ1n) is 5.36. The third-order valence-corrected chi connectivity index (χ3v) is 2.94. The highest BCUT2D eigenvalue weighted by Gasteiger charge is 2.33. The number of anilines is 1. The number of imidazole rings is 1. The predicted octanol–water partition coefficient (Wildman–Crippen LogP) is 2.47. The lowest BCUT2D eigenvalue weighted by molar-refractivity contribution is -0.140. The van der Waals surface area contributed by atoms with E-state index >= 15 is 0 Å². The maximum absolute atomic E-state index is 12.4. The molecule has 1 aromatic heterocycles. The average molecular weight is 305 g/mol. The van der Waals surface area contributed by atoms with Crippen molar-refractivity contribution in [2.24, 2.45) is 0 Å².